The number of rotatable bonds is 5. The van der Waals surface area contributed by atoms with Crippen LogP contribution in [0.15, 0.2) is 0 Å². The SMILES string of the molecule is O=C1NC2(CCCCC2)C(=O)N1CCCNC1CCSCC1. The molecule has 1 aliphatic carbocycles. The van der Waals surface area contributed by atoms with Gasteiger partial charge in [-0.3, -0.25) is 9.69 Å². The van der Waals surface area contributed by atoms with Crippen LogP contribution in [0.3, 0.4) is 0 Å². The molecule has 5 nitrogen and oxygen atoms in total. The van der Waals surface area contributed by atoms with Crippen molar-refractivity contribution in [1.29, 1.82) is 0 Å². The third kappa shape index (κ3) is 3.43. The Labute approximate surface area is 137 Å². The van der Waals surface area contributed by atoms with E-state index in [0.29, 0.717) is 12.6 Å². The minimum atomic E-state index is -0.566. The van der Waals surface area contributed by atoms with Crippen molar-refractivity contribution in [1.82, 2.24) is 15.5 Å². The quantitative estimate of drug-likeness (QED) is 0.600. The first-order valence-corrected chi connectivity index (χ1v) is 9.82. The topological polar surface area (TPSA) is 61.4 Å². The summed E-state index contributed by atoms with van der Waals surface area (Å²) in [6.07, 6.45) is 8.20. The van der Waals surface area contributed by atoms with Gasteiger partial charge in [-0.05, 0) is 50.2 Å². The number of amides is 3. The van der Waals surface area contributed by atoms with Crippen molar-refractivity contribution in [3.63, 3.8) is 0 Å². The van der Waals surface area contributed by atoms with E-state index >= 15 is 0 Å². The highest BCUT2D eigenvalue weighted by atomic mass is 32.2. The first-order chi connectivity index (χ1) is 10.7. The second kappa shape index (κ2) is 7.21. The fourth-order valence-electron chi connectivity index (χ4n) is 3.82. The zero-order valence-electron chi connectivity index (χ0n) is 13.2. The standard InChI is InChI=1S/C16H27N3O2S/c20-14-16(7-2-1-3-8-16)18-15(21)19(14)10-4-9-17-13-5-11-22-12-6-13/h13,17H,1-12H2,(H,18,21). The van der Waals surface area contributed by atoms with Crippen molar-refractivity contribution >= 4 is 23.7 Å². The summed E-state index contributed by atoms with van der Waals surface area (Å²) < 4.78 is 0. The van der Waals surface area contributed by atoms with Crippen LogP contribution in [0.2, 0.25) is 0 Å². The lowest BCUT2D eigenvalue weighted by Crippen LogP contribution is -2.48. The largest absolute Gasteiger partial charge is 0.325 e. The Kier molecular flexibility index (Phi) is 5.29. The van der Waals surface area contributed by atoms with E-state index in [1.165, 1.54) is 35.7 Å². The maximum absolute atomic E-state index is 12.6. The van der Waals surface area contributed by atoms with Gasteiger partial charge in [-0.1, -0.05) is 19.3 Å². The number of carbonyl (C=O) groups is 2. The smallest absolute Gasteiger partial charge is 0.323 e. The molecule has 2 saturated heterocycles. The summed E-state index contributed by atoms with van der Waals surface area (Å²) in [5.74, 6) is 2.51. The molecule has 0 aromatic heterocycles. The van der Waals surface area contributed by atoms with E-state index in [-0.39, 0.29) is 11.9 Å². The van der Waals surface area contributed by atoms with Gasteiger partial charge in [0, 0.05) is 12.6 Å². The molecule has 0 bridgehead atoms. The van der Waals surface area contributed by atoms with E-state index in [1.54, 1.807) is 0 Å². The molecule has 3 amide bonds. The number of imide groups is 1. The van der Waals surface area contributed by atoms with Gasteiger partial charge in [0.1, 0.15) is 5.54 Å². The van der Waals surface area contributed by atoms with Gasteiger partial charge in [-0.25, -0.2) is 4.79 Å². The van der Waals surface area contributed by atoms with Crippen LogP contribution in [-0.4, -0.2) is 53.0 Å². The van der Waals surface area contributed by atoms with Crippen LogP contribution in [0.1, 0.15) is 51.4 Å². The van der Waals surface area contributed by atoms with Crippen molar-refractivity contribution in [2.75, 3.05) is 24.6 Å². The zero-order valence-corrected chi connectivity index (χ0v) is 14.1. The molecule has 3 aliphatic rings. The molecule has 1 saturated carbocycles. The number of nitrogens with one attached hydrogen (secondary N) is 2. The molecule has 0 radical (unpaired) electrons. The minimum Gasteiger partial charge on any atom is -0.323 e. The van der Waals surface area contributed by atoms with E-state index in [9.17, 15) is 9.59 Å². The molecule has 2 aliphatic heterocycles. The average molecular weight is 325 g/mol. The lowest BCUT2D eigenvalue weighted by molar-refractivity contribution is -0.132. The summed E-state index contributed by atoms with van der Waals surface area (Å²) in [5, 5.41) is 6.54. The van der Waals surface area contributed by atoms with Crippen LogP contribution < -0.4 is 10.6 Å². The van der Waals surface area contributed by atoms with Crippen molar-refractivity contribution in [3.05, 3.63) is 0 Å². The molecule has 0 aromatic rings. The number of hydrogen-bond acceptors (Lipinski definition) is 4. The van der Waals surface area contributed by atoms with Gasteiger partial charge in [0.25, 0.3) is 5.91 Å². The van der Waals surface area contributed by atoms with Crippen LogP contribution in [0.5, 0.6) is 0 Å². The Morgan fingerprint density at radius 3 is 2.64 bits per heavy atom. The minimum absolute atomic E-state index is 0.0197. The van der Waals surface area contributed by atoms with E-state index in [0.717, 1.165) is 38.6 Å². The van der Waals surface area contributed by atoms with Gasteiger partial charge >= 0.3 is 6.03 Å². The third-order valence-corrected chi connectivity index (χ3v) is 6.21. The van der Waals surface area contributed by atoms with E-state index < -0.39 is 5.54 Å². The Morgan fingerprint density at radius 2 is 1.91 bits per heavy atom. The monoisotopic (exact) mass is 325 g/mol. The maximum Gasteiger partial charge on any atom is 0.325 e. The highest BCUT2D eigenvalue weighted by Crippen LogP contribution is 2.33. The summed E-state index contributed by atoms with van der Waals surface area (Å²) in [5.41, 5.74) is -0.566. The molecule has 0 aromatic carbocycles. The van der Waals surface area contributed by atoms with Crippen molar-refractivity contribution in [2.45, 2.75) is 62.9 Å². The van der Waals surface area contributed by atoms with Crippen LogP contribution in [0.25, 0.3) is 0 Å². The van der Waals surface area contributed by atoms with Crippen LogP contribution in [0, 0.1) is 0 Å². The lowest BCUT2D eigenvalue weighted by Gasteiger charge is -2.30. The summed E-state index contributed by atoms with van der Waals surface area (Å²) in [6.45, 7) is 1.43. The molecule has 3 fully saturated rings. The van der Waals surface area contributed by atoms with Crippen LogP contribution >= 0.6 is 11.8 Å². The number of hydrogen-bond donors (Lipinski definition) is 2. The van der Waals surface area contributed by atoms with Gasteiger partial charge < -0.3 is 10.6 Å². The molecule has 2 N–H and O–H groups in total. The Hall–Kier alpha value is -0.750. The van der Waals surface area contributed by atoms with Gasteiger partial charge in [0.05, 0.1) is 0 Å². The maximum atomic E-state index is 12.6. The van der Waals surface area contributed by atoms with Gasteiger partial charge in [-0.2, -0.15) is 11.8 Å². The Balaban J connectivity index is 1.44. The Morgan fingerprint density at radius 1 is 1.18 bits per heavy atom. The molecule has 1 spiro atoms. The predicted octanol–water partition coefficient (Wildman–Crippen LogP) is 2.12. The Bertz CT molecular complexity index is 418. The van der Waals surface area contributed by atoms with Crippen LogP contribution in [0.4, 0.5) is 4.79 Å². The van der Waals surface area contributed by atoms with Gasteiger partial charge in [0.2, 0.25) is 0 Å². The second-order valence-electron chi connectivity index (χ2n) is 6.72. The highest BCUT2D eigenvalue weighted by Gasteiger charge is 2.50. The summed E-state index contributed by atoms with van der Waals surface area (Å²) in [4.78, 5) is 26.2. The molecule has 2 heterocycles. The molecule has 0 unspecified atom stereocenters. The molecule has 3 rings (SSSR count). The van der Waals surface area contributed by atoms with E-state index in [2.05, 4.69) is 10.6 Å². The number of nitrogens with zero attached hydrogens (tertiary/aromatic N) is 1. The first-order valence-electron chi connectivity index (χ1n) is 8.66. The molecular weight excluding hydrogens is 298 g/mol. The molecule has 0 atom stereocenters. The average Bonchev–Trinajstić information content (AvgIpc) is 2.77. The zero-order chi connectivity index (χ0) is 15.4. The fraction of sp³-hybridized carbons (Fsp3) is 0.875. The lowest BCUT2D eigenvalue weighted by atomic mass is 9.82. The van der Waals surface area contributed by atoms with E-state index in [1.807, 2.05) is 11.8 Å². The molecule has 22 heavy (non-hydrogen) atoms. The third-order valence-electron chi connectivity index (χ3n) is 5.17. The number of thioether (sulfide) groups is 1. The fourth-order valence-corrected chi connectivity index (χ4v) is 4.93. The van der Waals surface area contributed by atoms with Crippen molar-refractivity contribution < 1.29 is 9.59 Å². The summed E-state index contributed by atoms with van der Waals surface area (Å²) in [6, 6.07) is 0.440. The van der Waals surface area contributed by atoms with Crippen molar-refractivity contribution in [2.24, 2.45) is 0 Å². The predicted molar refractivity (Wildman–Crippen MR) is 89.0 cm³/mol. The van der Waals surface area contributed by atoms with Crippen molar-refractivity contribution in [3.8, 4) is 0 Å². The summed E-state index contributed by atoms with van der Waals surface area (Å²) in [7, 11) is 0. The van der Waals surface area contributed by atoms with E-state index in [4.69, 9.17) is 0 Å². The number of urea groups is 1. The number of carbonyl (C=O) groups excluding carboxylic acids is 2. The second-order valence-corrected chi connectivity index (χ2v) is 7.95. The van der Waals surface area contributed by atoms with Gasteiger partial charge in [-0.15, -0.1) is 0 Å². The summed E-state index contributed by atoms with van der Waals surface area (Å²) >= 11 is 2.03. The molecule has 124 valence electrons. The first kappa shape index (κ1) is 16.1. The normalized spacial score (nSPS) is 25.7. The van der Waals surface area contributed by atoms with Crippen LogP contribution in [-0.2, 0) is 4.79 Å². The molecular formula is C16H27N3O2S. The highest BCUT2D eigenvalue weighted by molar-refractivity contribution is 7.99. The molecule has 6 heteroatoms. The van der Waals surface area contributed by atoms with Gasteiger partial charge in [0.15, 0.2) is 0 Å².